The lowest BCUT2D eigenvalue weighted by molar-refractivity contribution is 0.0449. The van der Waals surface area contributed by atoms with Crippen LogP contribution in [0.15, 0.2) is 18.2 Å². The number of aliphatic hydroxyl groups is 1. The summed E-state index contributed by atoms with van der Waals surface area (Å²) in [5.74, 6) is -0.997. The number of halogens is 2. The van der Waals surface area contributed by atoms with Gasteiger partial charge >= 0.3 is 0 Å². The number of benzene rings is 1. The zero-order valence-corrected chi connectivity index (χ0v) is 12.3. The Kier molecular flexibility index (Phi) is 3.62. The second-order valence-corrected chi connectivity index (χ2v) is 6.31. The quantitative estimate of drug-likeness (QED) is 0.926. The molecule has 0 aliphatic carbocycles. The molecule has 4 nitrogen and oxygen atoms in total. The van der Waals surface area contributed by atoms with Crippen molar-refractivity contribution in [3.8, 4) is 11.4 Å². The fraction of sp³-hybridized carbons (Fsp3) is 0.429. The van der Waals surface area contributed by atoms with Gasteiger partial charge in [0.25, 0.3) is 0 Å². The molecule has 1 saturated heterocycles. The summed E-state index contributed by atoms with van der Waals surface area (Å²) in [6.07, 6.45) is 1.63. The standard InChI is InChI=1S/C14H15F2N3OS/c1-14(20)3-2-4-19(8-14)13-17-12(18-21-13)9-5-10(15)7-11(16)6-9/h5-7,20H,2-4,8H2,1H3. The van der Waals surface area contributed by atoms with Crippen molar-refractivity contribution in [2.45, 2.75) is 25.4 Å². The van der Waals surface area contributed by atoms with Crippen LogP contribution < -0.4 is 4.90 Å². The van der Waals surface area contributed by atoms with Crippen LogP contribution >= 0.6 is 11.5 Å². The topological polar surface area (TPSA) is 49.2 Å². The average Bonchev–Trinajstić information content (AvgIpc) is 2.86. The molecule has 21 heavy (non-hydrogen) atoms. The van der Waals surface area contributed by atoms with E-state index >= 15 is 0 Å². The second-order valence-electron chi connectivity index (χ2n) is 5.58. The van der Waals surface area contributed by atoms with E-state index in [-0.39, 0.29) is 0 Å². The van der Waals surface area contributed by atoms with Gasteiger partial charge in [-0.2, -0.15) is 9.36 Å². The summed E-state index contributed by atoms with van der Waals surface area (Å²) < 4.78 is 30.6. The van der Waals surface area contributed by atoms with Gasteiger partial charge in [-0.1, -0.05) is 0 Å². The number of hydrogen-bond donors (Lipinski definition) is 1. The summed E-state index contributed by atoms with van der Waals surface area (Å²) in [6, 6.07) is 3.24. The van der Waals surface area contributed by atoms with Crippen LogP contribution in [0.4, 0.5) is 13.9 Å². The van der Waals surface area contributed by atoms with Crippen LogP contribution in [0, 0.1) is 11.6 Å². The van der Waals surface area contributed by atoms with Crippen molar-refractivity contribution in [3.05, 3.63) is 29.8 Å². The summed E-state index contributed by atoms with van der Waals surface area (Å²) in [6.45, 7) is 3.07. The number of hydrogen-bond acceptors (Lipinski definition) is 5. The van der Waals surface area contributed by atoms with E-state index in [1.807, 2.05) is 4.90 Å². The molecule has 1 aliphatic heterocycles. The van der Waals surface area contributed by atoms with Crippen molar-refractivity contribution < 1.29 is 13.9 Å². The number of β-amino-alcohol motifs (C(OH)–C–C–N with tert-alkyl or cyclic N) is 1. The van der Waals surface area contributed by atoms with Crippen LogP contribution in [0.25, 0.3) is 11.4 Å². The molecule has 0 bridgehead atoms. The minimum atomic E-state index is -0.741. The fourth-order valence-electron chi connectivity index (χ4n) is 2.53. The first-order valence-electron chi connectivity index (χ1n) is 6.70. The minimum Gasteiger partial charge on any atom is -0.388 e. The number of anilines is 1. The molecule has 1 aromatic heterocycles. The summed E-state index contributed by atoms with van der Waals surface area (Å²) in [4.78, 5) is 6.30. The molecule has 1 aliphatic rings. The highest BCUT2D eigenvalue weighted by molar-refractivity contribution is 7.09. The van der Waals surface area contributed by atoms with Crippen molar-refractivity contribution >= 4 is 16.7 Å². The molecular formula is C14H15F2N3OS. The molecule has 0 amide bonds. The van der Waals surface area contributed by atoms with Gasteiger partial charge in [0.2, 0.25) is 5.13 Å². The first-order chi connectivity index (χ1) is 9.93. The molecular weight excluding hydrogens is 296 g/mol. The van der Waals surface area contributed by atoms with E-state index in [0.29, 0.717) is 23.1 Å². The third kappa shape index (κ3) is 3.19. The van der Waals surface area contributed by atoms with E-state index in [2.05, 4.69) is 9.36 Å². The first kappa shape index (κ1) is 14.3. The Morgan fingerprint density at radius 3 is 2.67 bits per heavy atom. The van der Waals surface area contributed by atoms with E-state index in [4.69, 9.17) is 0 Å². The Hall–Kier alpha value is -1.60. The minimum absolute atomic E-state index is 0.304. The van der Waals surface area contributed by atoms with E-state index < -0.39 is 17.2 Å². The van der Waals surface area contributed by atoms with Gasteiger partial charge in [0.1, 0.15) is 11.6 Å². The number of aromatic nitrogens is 2. The summed E-state index contributed by atoms with van der Waals surface area (Å²) in [5, 5.41) is 10.8. The largest absolute Gasteiger partial charge is 0.388 e. The lowest BCUT2D eigenvalue weighted by Gasteiger charge is -2.36. The Morgan fingerprint density at radius 2 is 2.00 bits per heavy atom. The molecule has 2 aromatic rings. The number of nitrogens with zero attached hydrogens (tertiary/aromatic N) is 3. The van der Waals surface area contributed by atoms with Gasteiger partial charge in [0.05, 0.1) is 5.60 Å². The third-order valence-electron chi connectivity index (χ3n) is 3.48. The van der Waals surface area contributed by atoms with Crippen molar-refractivity contribution in [3.63, 3.8) is 0 Å². The molecule has 1 fully saturated rings. The SMILES string of the molecule is CC1(O)CCCN(c2nc(-c3cc(F)cc(F)c3)ns2)C1. The van der Waals surface area contributed by atoms with Crippen LogP contribution in [0.2, 0.25) is 0 Å². The molecule has 0 saturated carbocycles. The molecule has 1 aromatic carbocycles. The Bertz CT molecular complexity index is 639. The van der Waals surface area contributed by atoms with Crippen molar-refractivity contribution in [1.29, 1.82) is 0 Å². The Morgan fingerprint density at radius 1 is 1.29 bits per heavy atom. The highest BCUT2D eigenvalue weighted by Gasteiger charge is 2.30. The molecule has 2 heterocycles. The zero-order chi connectivity index (χ0) is 15.0. The highest BCUT2D eigenvalue weighted by atomic mass is 32.1. The van der Waals surface area contributed by atoms with Gasteiger partial charge in [-0.15, -0.1) is 0 Å². The lowest BCUT2D eigenvalue weighted by Crippen LogP contribution is -2.46. The highest BCUT2D eigenvalue weighted by Crippen LogP contribution is 2.29. The molecule has 112 valence electrons. The zero-order valence-electron chi connectivity index (χ0n) is 11.5. The molecule has 0 radical (unpaired) electrons. The smallest absolute Gasteiger partial charge is 0.205 e. The van der Waals surface area contributed by atoms with Gasteiger partial charge in [0, 0.05) is 36.3 Å². The molecule has 0 spiro atoms. The van der Waals surface area contributed by atoms with Crippen LogP contribution in [0.3, 0.4) is 0 Å². The summed E-state index contributed by atoms with van der Waals surface area (Å²) in [7, 11) is 0. The Balaban J connectivity index is 1.86. The van der Waals surface area contributed by atoms with Gasteiger partial charge < -0.3 is 10.0 Å². The maximum Gasteiger partial charge on any atom is 0.205 e. The number of rotatable bonds is 2. The van der Waals surface area contributed by atoms with Gasteiger partial charge in [-0.25, -0.2) is 8.78 Å². The van der Waals surface area contributed by atoms with Gasteiger partial charge in [-0.05, 0) is 31.9 Å². The van der Waals surface area contributed by atoms with E-state index in [0.717, 1.165) is 25.5 Å². The Labute approximate surface area is 125 Å². The van der Waals surface area contributed by atoms with Crippen LogP contribution in [-0.2, 0) is 0 Å². The van der Waals surface area contributed by atoms with Crippen molar-refractivity contribution in [2.24, 2.45) is 0 Å². The molecule has 1 atom stereocenters. The van der Waals surface area contributed by atoms with Crippen molar-refractivity contribution in [1.82, 2.24) is 9.36 Å². The van der Waals surface area contributed by atoms with E-state index in [1.54, 1.807) is 6.92 Å². The fourth-order valence-corrected chi connectivity index (χ4v) is 3.24. The summed E-state index contributed by atoms with van der Waals surface area (Å²) >= 11 is 1.17. The first-order valence-corrected chi connectivity index (χ1v) is 7.48. The predicted molar refractivity (Wildman–Crippen MR) is 77.3 cm³/mol. The summed E-state index contributed by atoms with van der Waals surface area (Å²) in [5.41, 5.74) is -0.423. The third-order valence-corrected chi connectivity index (χ3v) is 4.26. The predicted octanol–water partition coefficient (Wildman–Crippen LogP) is 2.83. The van der Waals surface area contributed by atoms with E-state index in [1.165, 1.54) is 23.7 Å². The lowest BCUT2D eigenvalue weighted by atomic mass is 9.96. The van der Waals surface area contributed by atoms with E-state index in [9.17, 15) is 13.9 Å². The normalized spacial score (nSPS) is 22.6. The maximum absolute atomic E-state index is 13.2. The molecule has 1 N–H and O–H groups in total. The van der Waals surface area contributed by atoms with Crippen LogP contribution in [0.5, 0.6) is 0 Å². The monoisotopic (exact) mass is 311 g/mol. The van der Waals surface area contributed by atoms with Crippen LogP contribution in [-0.4, -0.2) is 33.2 Å². The number of piperidine rings is 1. The van der Waals surface area contributed by atoms with Gasteiger partial charge in [-0.3, -0.25) is 0 Å². The van der Waals surface area contributed by atoms with Crippen LogP contribution in [0.1, 0.15) is 19.8 Å². The van der Waals surface area contributed by atoms with Crippen molar-refractivity contribution in [2.75, 3.05) is 18.0 Å². The maximum atomic E-state index is 13.2. The average molecular weight is 311 g/mol. The molecule has 7 heteroatoms. The second kappa shape index (κ2) is 5.31. The molecule has 1 unspecified atom stereocenters. The molecule has 3 rings (SSSR count). The van der Waals surface area contributed by atoms with Gasteiger partial charge in [0.15, 0.2) is 5.82 Å².